The molecule has 0 radical (unpaired) electrons. The maximum Gasteiger partial charge on any atom is 0.170 e. The van der Waals surface area contributed by atoms with Crippen molar-refractivity contribution in [2.45, 2.75) is 17.2 Å². The summed E-state index contributed by atoms with van der Waals surface area (Å²) in [5.74, 6) is -0.388. The van der Waals surface area contributed by atoms with Crippen molar-refractivity contribution in [3.05, 3.63) is 65.0 Å². The SMILES string of the molecule is O=C1c2ccc(F)cc2CC1c1ccc(S)cc1. The molecule has 90 valence electrons. The summed E-state index contributed by atoms with van der Waals surface area (Å²) in [7, 11) is 0. The Labute approximate surface area is 110 Å². The van der Waals surface area contributed by atoms with Crippen LogP contribution in [0.5, 0.6) is 0 Å². The summed E-state index contributed by atoms with van der Waals surface area (Å²) < 4.78 is 13.2. The first kappa shape index (κ1) is 11.5. The van der Waals surface area contributed by atoms with Gasteiger partial charge in [0.25, 0.3) is 0 Å². The number of ketones is 1. The van der Waals surface area contributed by atoms with Crippen LogP contribution in [0, 0.1) is 5.82 Å². The predicted octanol–water partition coefficient (Wildman–Crippen LogP) is 3.64. The van der Waals surface area contributed by atoms with Crippen molar-refractivity contribution in [2.75, 3.05) is 0 Å². The fraction of sp³-hybridized carbons (Fsp3) is 0.133. The van der Waals surface area contributed by atoms with Crippen LogP contribution >= 0.6 is 12.6 Å². The number of Topliss-reactive ketones (excluding diaryl/α,β-unsaturated/α-hetero) is 1. The lowest BCUT2D eigenvalue weighted by Gasteiger charge is -2.08. The van der Waals surface area contributed by atoms with Crippen LogP contribution in [0.25, 0.3) is 0 Å². The summed E-state index contributed by atoms with van der Waals surface area (Å²) in [4.78, 5) is 13.1. The number of carbonyl (C=O) groups is 1. The highest BCUT2D eigenvalue weighted by atomic mass is 32.1. The molecule has 0 heterocycles. The van der Waals surface area contributed by atoms with E-state index in [0.717, 1.165) is 16.0 Å². The van der Waals surface area contributed by atoms with Crippen LogP contribution in [0.4, 0.5) is 4.39 Å². The Morgan fingerprint density at radius 1 is 1.11 bits per heavy atom. The van der Waals surface area contributed by atoms with Crippen LogP contribution in [0.2, 0.25) is 0 Å². The van der Waals surface area contributed by atoms with Gasteiger partial charge in [-0.1, -0.05) is 12.1 Å². The fourth-order valence-electron chi connectivity index (χ4n) is 2.45. The van der Waals surface area contributed by atoms with Gasteiger partial charge in [-0.15, -0.1) is 12.6 Å². The highest BCUT2D eigenvalue weighted by Crippen LogP contribution is 2.34. The highest BCUT2D eigenvalue weighted by molar-refractivity contribution is 7.80. The average molecular weight is 258 g/mol. The zero-order valence-electron chi connectivity index (χ0n) is 9.56. The lowest BCUT2D eigenvalue weighted by molar-refractivity contribution is 0.0973. The van der Waals surface area contributed by atoms with Crippen LogP contribution in [0.15, 0.2) is 47.4 Å². The van der Waals surface area contributed by atoms with E-state index in [4.69, 9.17) is 0 Å². The van der Waals surface area contributed by atoms with Gasteiger partial charge in [0.15, 0.2) is 5.78 Å². The van der Waals surface area contributed by atoms with Gasteiger partial charge in [0.2, 0.25) is 0 Å². The minimum atomic E-state index is -0.284. The van der Waals surface area contributed by atoms with E-state index in [1.165, 1.54) is 12.1 Å². The first-order chi connectivity index (χ1) is 8.65. The van der Waals surface area contributed by atoms with Gasteiger partial charge >= 0.3 is 0 Å². The van der Waals surface area contributed by atoms with Crippen LogP contribution < -0.4 is 0 Å². The van der Waals surface area contributed by atoms with Crippen molar-refractivity contribution < 1.29 is 9.18 Å². The van der Waals surface area contributed by atoms with E-state index in [1.807, 2.05) is 24.3 Å². The minimum Gasteiger partial charge on any atom is -0.293 e. The van der Waals surface area contributed by atoms with E-state index in [1.54, 1.807) is 6.07 Å². The molecule has 3 heteroatoms. The fourth-order valence-corrected chi connectivity index (χ4v) is 2.60. The average Bonchev–Trinajstić information content (AvgIpc) is 2.67. The van der Waals surface area contributed by atoms with Crippen molar-refractivity contribution in [1.82, 2.24) is 0 Å². The number of carbonyl (C=O) groups excluding carboxylic acids is 1. The summed E-state index contributed by atoms with van der Waals surface area (Å²) in [6, 6.07) is 11.9. The Morgan fingerprint density at radius 3 is 2.56 bits per heavy atom. The third-order valence-corrected chi connectivity index (χ3v) is 3.67. The van der Waals surface area contributed by atoms with Crippen molar-refractivity contribution >= 4 is 18.4 Å². The molecular weight excluding hydrogens is 247 g/mol. The Hall–Kier alpha value is -1.61. The first-order valence-corrected chi connectivity index (χ1v) is 6.21. The maximum absolute atomic E-state index is 13.2. The zero-order chi connectivity index (χ0) is 12.7. The molecule has 0 spiro atoms. The van der Waals surface area contributed by atoms with E-state index in [0.29, 0.717) is 12.0 Å². The molecule has 1 nitrogen and oxygen atoms in total. The van der Waals surface area contributed by atoms with E-state index in [2.05, 4.69) is 12.6 Å². The summed E-state index contributed by atoms with van der Waals surface area (Å²) in [6.07, 6.45) is 0.581. The second kappa shape index (κ2) is 4.25. The number of thiol groups is 1. The number of benzene rings is 2. The normalized spacial score (nSPS) is 17.9. The maximum atomic E-state index is 13.2. The Morgan fingerprint density at radius 2 is 1.83 bits per heavy atom. The Kier molecular flexibility index (Phi) is 2.71. The quantitative estimate of drug-likeness (QED) is 0.773. The molecule has 2 aromatic rings. The number of hydrogen-bond acceptors (Lipinski definition) is 2. The summed E-state index contributed by atoms with van der Waals surface area (Å²) in [6.45, 7) is 0. The number of halogens is 1. The van der Waals surface area contributed by atoms with Crippen LogP contribution in [-0.4, -0.2) is 5.78 Å². The molecule has 1 atom stereocenters. The Bertz CT molecular complexity index is 619. The van der Waals surface area contributed by atoms with Crippen LogP contribution in [-0.2, 0) is 6.42 Å². The minimum absolute atomic E-state index is 0.0805. The van der Waals surface area contributed by atoms with E-state index in [-0.39, 0.29) is 17.5 Å². The molecule has 1 aliphatic carbocycles. The molecule has 3 rings (SSSR count). The van der Waals surface area contributed by atoms with Crippen molar-refractivity contribution in [2.24, 2.45) is 0 Å². The smallest absolute Gasteiger partial charge is 0.170 e. The highest BCUT2D eigenvalue weighted by Gasteiger charge is 2.31. The molecule has 0 amide bonds. The predicted molar refractivity (Wildman–Crippen MR) is 70.9 cm³/mol. The lowest BCUT2D eigenvalue weighted by Crippen LogP contribution is -2.06. The second-order valence-electron chi connectivity index (χ2n) is 4.51. The van der Waals surface area contributed by atoms with E-state index in [9.17, 15) is 9.18 Å². The number of hydrogen-bond donors (Lipinski definition) is 1. The molecule has 1 aliphatic rings. The molecule has 0 fully saturated rings. The Balaban J connectivity index is 1.99. The van der Waals surface area contributed by atoms with Crippen molar-refractivity contribution in [3.8, 4) is 0 Å². The summed E-state index contributed by atoms with van der Waals surface area (Å²) in [5.41, 5.74) is 2.42. The molecule has 0 aliphatic heterocycles. The summed E-state index contributed by atoms with van der Waals surface area (Å²) in [5, 5.41) is 0. The van der Waals surface area contributed by atoms with E-state index >= 15 is 0 Å². The molecule has 1 unspecified atom stereocenters. The molecule has 0 saturated heterocycles. The van der Waals surface area contributed by atoms with Crippen LogP contribution in [0.1, 0.15) is 27.4 Å². The standard InChI is InChI=1S/C15H11FOS/c16-11-3-6-13-10(7-11)8-14(15(13)17)9-1-4-12(18)5-2-9/h1-7,14,18H,8H2. The molecule has 0 bridgehead atoms. The van der Waals surface area contributed by atoms with Gasteiger partial charge in [-0.05, 0) is 47.9 Å². The molecule has 0 N–H and O–H groups in total. The van der Waals surface area contributed by atoms with Gasteiger partial charge in [0.05, 0.1) is 5.92 Å². The lowest BCUT2D eigenvalue weighted by atomic mass is 9.95. The first-order valence-electron chi connectivity index (χ1n) is 5.77. The molecule has 0 saturated carbocycles. The molecule has 2 aromatic carbocycles. The van der Waals surface area contributed by atoms with Gasteiger partial charge < -0.3 is 0 Å². The van der Waals surface area contributed by atoms with E-state index < -0.39 is 0 Å². The van der Waals surface area contributed by atoms with Gasteiger partial charge in [-0.2, -0.15) is 0 Å². The molecule has 0 aromatic heterocycles. The number of rotatable bonds is 1. The third-order valence-electron chi connectivity index (χ3n) is 3.37. The van der Waals surface area contributed by atoms with Crippen molar-refractivity contribution in [1.29, 1.82) is 0 Å². The van der Waals surface area contributed by atoms with Gasteiger partial charge in [0.1, 0.15) is 5.82 Å². The third kappa shape index (κ3) is 1.85. The zero-order valence-corrected chi connectivity index (χ0v) is 10.5. The van der Waals surface area contributed by atoms with Crippen molar-refractivity contribution in [3.63, 3.8) is 0 Å². The van der Waals surface area contributed by atoms with Crippen LogP contribution in [0.3, 0.4) is 0 Å². The van der Waals surface area contributed by atoms with Gasteiger partial charge in [0, 0.05) is 10.5 Å². The number of fused-ring (bicyclic) bond motifs is 1. The molecule has 18 heavy (non-hydrogen) atoms. The monoisotopic (exact) mass is 258 g/mol. The van der Waals surface area contributed by atoms with Gasteiger partial charge in [-0.25, -0.2) is 4.39 Å². The summed E-state index contributed by atoms with van der Waals surface area (Å²) >= 11 is 4.23. The second-order valence-corrected chi connectivity index (χ2v) is 5.03. The largest absolute Gasteiger partial charge is 0.293 e. The molecular formula is C15H11FOS. The topological polar surface area (TPSA) is 17.1 Å². The van der Waals surface area contributed by atoms with Gasteiger partial charge in [-0.3, -0.25) is 4.79 Å².